The molecule has 13 heteroatoms. The fraction of sp³-hybridized carbons (Fsp3) is 0.562. The second-order valence-corrected chi connectivity index (χ2v) is 14.1. The Kier molecular flexibility index (Phi) is 10.9. The molecule has 2 saturated heterocycles. The molecular formula is C32H45ClN4O7S. The van der Waals surface area contributed by atoms with Crippen molar-refractivity contribution in [2.45, 2.75) is 82.0 Å². The molecule has 1 atom stereocenters. The van der Waals surface area contributed by atoms with Gasteiger partial charge in [-0.1, -0.05) is 31.4 Å². The van der Waals surface area contributed by atoms with Gasteiger partial charge in [-0.25, -0.2) is 8.42 Å². The number of likely N-dealkylation sites (tertiary alicyclic amines) is 1. The monoisotopic (exact) mass is 664 g/mol. The van der Waals surface area contributed by atoms with Crippen molar-refractivity contribution >= 4 is 39.9 Å². The fourth-order valence-corrected chi connectivity index (χ4v) is 7.48. The molecule has 0 aromatic heterocycles. The van der Waals surface area contributed by atoms with E-state index in [0.29, 0.717) is 74.8 Å². The SMILES string of the molecule is CCN1C(=O)[C@@H](CC2(O)CCCCC2)NC(=O)C12CCN(Cc1ccc(Oc3ccc(NS(C)(=O)=O)cc3OC)cc1)CC2.Cl. The summed E-state index contributed by atoms with van der Waals surface area (Å²) >= 11 is 0. The van der Waals surface area contributed by atoms with Gasteiger partial charge in [-0.2, -0.15) is 0 Å². The van der Waals surface area contributed by atoms with Crippen LogP contribution in [-0.4, -0.2) is 85.3 Å². The van der Waals surface area contributed by atoms with Crippen molar-refractivity contribution in [3.8, 4) is 17.2 Å². The van der Waals surface area contributed by atoms with Crippen LogP contribution in [0.2, 0.25) is 0 Å². The highest BCUT2D eigenvalue weighted by Gasteiger charge is 2.54. The lowest BCUT2D eigenvalue weighted by atomic mass is 9.77. The lowest BCUT2D eigenvalue weighted by Gasteiger charge is -2.52. The van der Waals surface area contributed by atoms with Gasteiger partial charge in [0.15, 0.2) is 11.5 Å². The maximum atomic E-state index is 13.6. The van der Waals surface area contributed by atoms with E-state index < -0.39 is 27.2 Å². The third kappa shape index (κ3) is 8.03. The molecule has 3 fully saturated rings. The summed E-state index contributed by atoms with van der Waals surface area (Å²) < 4.78 is 36.9. The van der Waals surface area contributed by atoms with Crippen molar-refractivity contribution in [1.82, 2.24) is 15.1 Å². The van der Waals surface area contributed by atoms with E-state index in [-0.39, 0.29) is 30.6 Å². The first-order valence-electron chi connectivity index (χ1n) is 15.4. The average Bonchev–Trinajstić information content (AvgIpc) is 2.98. The van der Waals surface area contributed by atoms with Crippen LogP contribution in [0.3, 0.4) is 0 Å². The molecule has 3 N–H and O–H groups in total. The van der Waals surface area contributed by atoms with Crippen LogP contribution in [0.25, 0.3) is 0 Å². The number of piperidine rings is 1. The van der Waals surface area contributed by atoms with Gasteiger partial charge in [0.25, 0.3) is 0 Å². The van der Waals surface area contributed by atoms with E-state index in [0.717, 1.165) is 31.1 Å². The smallest absolute Gasteiger partial charge is 0.246 e. The molecule has 45 heavy (non-hydrogen) atoms. The van der Waals surface area contributed by atoms with Crippen molar-refractivity contribution in [2.75, 3.05) is 37.7 Å². The molecule has 2 amide bonds. The Labute approximate surface area is 272 Å². The predicted molar refractivity (Wildman–Crippen MR) is 174 cm³/mol. The van der Waals surface area contributed by atoms with Gasteiger partial charge in [-0.05, 0) is 62.4 Å². The first-order valence-corrected chi connectivity index (χ1v) is 17.3. The lowest BCUT2D eigenvalue weighted by Crippen LogP contribution is -2.73. The summed E-state index contributed by atoms with van der Waals surface area (Å²) in [7, 11) is -1.92. The predicted octanol–water partition coefficient (Wildman–Crippen LogP) is 4.05. The number of hydrogen-bond donors (Lipinski definition) is 3. The van der Waals surface area contributed by atoms with E-state index in [2.05, 4.69) is 14.9 Å². The second kappa shape index (κ2) is 14.1. The number of halogens is 1. The molecule has 1 spiro atoms. The van der Waals surface area contributed by atoms with Crippen LogP contribution >= 0.6 is 12.4 Å². The number of nitrogens with zero attached hydrogens (tertiary/aromatic N) is 2. The Hall–Kier alpha value is -3.06. The Morgan fingerprint density at radius 1 is 1.00 bits per heavy atom. The van der Waals surface area contributed by atoms with Gasteiger partial charge >= 0.3 is 0 Å². The molecule has 3 aliphatic rings. The molecule has 2 aromatic rings. The number of carbonyl (C=O) groups excluding carboxylic acids is 2. The molecular weight excluding hydrogens is 620 g/mol. The number of sulfonamides is 1. The van der Waals surface area contributed by atoms with Crippen LogP contribution in [0.1, 0.15) is 63.9 Å². The first-order chi connectivity index (χ1) is 20.9. The summed E-state index contributed by atoms with van der Waals surface area (Å²) in [6, 6.07) is 11.9. The van der Waals surface area contributed by atoms with Crippen molar-refractivity contribution in [3.05, 3.63) is 48.0 Å². The number of rotatable bonds is 10. The van der Waals surface area contributed by atoms with Gasteiger partial charge in [0, 0.05) is 38.7 Å². The number of nitrogens with one attached hydrogen (secondary N) is 2. The number of piperazine rings is 1. The zero-order chi connectivity index (χ0) is 31.5. The fourth-order valence-electron chi connectivity index (χ4n) is 6.92. The van der Waals surface area contributed by atoms with E-state index in [1.54, 1.807) is 23.1 Å². The summed E-state index contributed by atoms with van der Waals surface area (Å²) in [5.41, 5.74) is -0.263. The van der Waals surface area contributed by atoms with Crippen molar-refractivity contribution in [2.24, 2.45) is 0 Å². The third-order valence-corrected chi connectivity index (χ3v) is 9.81. The van der Waals surface area contributed by atoms with E-state index in [4.69, 9.17) is 9.47 Å². The molecule has 1 aliphatic carbocycles. The highest BCUT2D eigenvalue weighted by Crippen LogP contribution is 2.38. The van der Waals surface area contributed by atoms with Crippen LogP contribution in [0.5, 0.6) is 17.2 Å². The summed E-state index contributed by atoms with van der Waals surface area (Å²) in [4.78, 5) is 31.2. The standard InChI is InChI=1S/C32H44N4O7S.ClH/c1-4-36-29(37)26(21-31(39)14-6-5-7-15-31)33-30(38)32(36)16-18-35(19-17-32)22-23-8-11-25(12-9-23)43-27-13-10-24(20-28(27)42-2)34-44(3,40)41;/h8-13,20,26,34,39H,4-7,14-19,21-22H2,1-3H3,(H,33,38);1H/t26-;/m1./s1. The van der Waals surface area contributed by atoms with Crippen molar-refractivity contribution in [1.29, 1.82) is 0 Å². The Balaban J connectivity index is 0.00000461. The Bertz CT molecular complexity index is 1460. The van der Waals surface area contributed by atoms with E-state index in [1.165, 1.54) is 7.11 Å². The average molecular weight is 665 g/mol. The summed E-state index contributed by atoms with van der Waals surface area (Å²) in [6.45, 7) is 4.44. The van der Waals surface area contributed by atoms with Gasteiger partial charge < -0.3 is 24.8 Å². The topological polar surface area (TPSA) is 138 Å². The van der Waals surface area contributed by atoms with Crippen LogP contribution in [0.15, 0.2) is 42.5 Å². The first kappa shape index (κ1) is 34.8. The number of hydrogen-bond acceptors (Lipinski definition) is 8. The molecule has 0 bridgehead atoms. The normalized spacial score (nSPS) is 21.5. The Morgan fingerprint density at radius 2 is 1.67 bits per heavy atom. The number of benzene rings is 2. The molecule has 0 radical (unpaired) electrons. The molecule has 1 saturated carbocycles. The number of aliphatic hydroxyl groups is 1. The second-order valence-electron chi connectivity index (χ2n) is 12.4. The van der Waals surface area contributed by atoms with Crippen LogP contribution in [-0.2, 0) is 26.2 Å². The molecule has 2 aromatic carbocycles. The molecule has 5 rings (SSSR count). The van der Waals surface area contributed by atoms with Crippen molar-refractivity contribution in [3.63, 3.8) is 0 Å². The third-order valence-electron chi connectivity index (χ3n) is 9.20. The minimum atomic E-state index is -3.41. The summed E-state index contributed by atoms with van der Waals surface area (Å²) in [5.74, 6) is 1.29. The zero-order valence-corrected chi connectivity index (χ0v) is 27.8. The number of ether oxygens (including phenoxy) is 2. The van der Waals surface area contributed by atoms with Gasteiger partial charge in [-0.3, -0.25) is 19.2 Å². The van der Waals surface area contributed by atoms with Gasteiger partial charge in [-0.15, -0.1) is 12.4 Å². The molecule has 2 aliphatic heterocycles. The Morgan fingerprint density at radius 3 is 2.27 bits per heavy atom. The van der Waals surface area contributed by atoms with E-state index in [1.807, 2.05) is 31.2 Å². The molecule has 0 unspecified atom stereocenters. The summed E-state index contributed by atoms with van der Waals surface area (Å²) in [5, 5.41) is 14.1. The molecule has 248 valence electrons. The highest BCUT2D eigenvalue weighted by atomic mass is 35.5. The van der Waals surface area contributed by atoms with Crippen molar-refractivity contribution < 1.29 is 32.6 Å². The molecule has 2 heterocycles. The quantitative estimate of drug-likeness (QED) is 0.346. The maximum Gasteiger partial charge on any atom is 0.246 e. The minimum absolute atomic E-state index is 0. The van der Waals surface area contributed by atoms with Gasteiger partial charge in [0.2, 0.25) is 21.8 Å². The number of methoxy groups -OCH3 is 1. The highest BCUT2D eigenvalue weighted by molar-refractivity contribution is 7.92. The van der Waals surface area contributed by atoms with E-state index >= 15 is 0 Å². The number of likely N-dealkylation sites (N-methyl/N-ethyl adjacent to an activating group) is 1. The van der Waals surface area contributed by atoms with E-state index in [9.17, 15) is 23.1 Å². The van der Waals surface area contributed by atoms with Gasteiger partial charge in [0.1, 0.15) is 17.3 Å². The maximum absolute atomic E-state index is 13.6. The lowest BCUT2D eigenvalue weighted by molar-refractivity contribution is -0.163. The summed E-state index contributed by atoms with van der Waals surface area (Å²) in [6.07, 6.45) is 6.85. The number of carbonyl (C=O) groups is 2. The minimum Gasteiger partial charge on any atom is -0.493 e. The number of anilines is 1. The van der Waals surface area contributed by atoms with Crippen LogP contribution in [0.4, 0.5) is 5.69 Å². The van der Waals surface area contributed by atoms with Gasteiger partial charge in [0.05, 0.1) is 24.7 Å². The van der Waals surface area contributed by atoms with Crippen LogP contribution in [0, 0.1) is 0 Å². The largest absolute Gasteiger partial charge is 0.493 e. The molecule has 11 nitrogen and oxygen atoms in total. The zero-order valence-electron chi connectivity index (χ0n) is 26.2. The van der Waals surface area contributed by atoms with Crippen LogP contribution < -0.4 is 19.5 Å². The number of amides is 2.